The van der Waals surface area contributed by atoms with Gasteiger partial charge in [-0.3, -0.25) is 9.05 Å². The van der Waals surface area contributed by atoms with Crippen molar-refractivity contribution in [2.24, 2.45) is 0 Å². The minimum absolute atomic E-state index is 0.855. The van der Waals surface area contributed by atoms with Crippen LogP contribution in [0.1, 0.15) is 0 Å². The summed E-state index contributed by atoms with van der Waals surface area (Å²) in [5.74, 6) is 0. The van der Waals surface area contributed by atoms with Gasteiger partial charge in [-0.2, -0.15) is 0 Å². The average Bonchev–Trinajstić information content (AvgIpc) is 2.68. The van der Waals surface area contributed by atoms with Gasteiger partial charge in [-0.1, -0.05) is 0 Å². The number of phosphoric acid groups is 2. The van der Waals surface area contributed by atoms with Gasteiger partial charge in [0, 0.05) is 7.11 Å². The summed E-state index contributed by atoms with van der Waals surface area (Å²) in [7, 11) is -8.82. The number of rotatable bonds is 9. The number of phosphoric ester groups is 2. The summed E-state index contributed by atoms with van der Waals surface area (Å²) >= 11 is 0. The molecule has 19 heteroatoms. The van der Waals surface area contributed by atoms with Crippen LogP contribution in [0.5, 0.6) is 0 Å². The third kappa shape index (κ3) is 7.43. The number of aliphatic hydroxyl groups is 5. The van der Waals surface area contributed by atoms with Crippen LogP contribution in [0.4, 0.5) is 0 Å². The molecule has 2 fully saturated rings. The Balaban J connectivity index is 2.16. The summed E-state index contributed by atoms with van der Waals surface area (Å²) in [5, 5.41) is 50.9. The minimum Gasteiger partial charge on any atom is -0.387 e. The van der Waals surface area contributed by atoms with E-state index in [9.17, 15) is 34.7 Å². The fourth-order valence-corrected chi connectivity index (χ4v) is 3.74. The van der Waals surface area contributed by atoms with Crippen molar-refractivity contribution in [3.8, 4) is 0 Å². The molecule has 2 heterocycles. The molecule has 0 aromatic heterocycles. The molecule has 0 amide bonds. The average molecular weight is 516 g/mol. The lowest BCUT2D eigenvalue weighted by molar-refractivity contribution is -0.357. The molecule has 2 aliphatic heterocycles. The van der Waals surface area contributed by atoms with Crippen molar-refractivity contribution in [1.82, 2.24) is 0 Å². The maximum Gasteiger partial charge on any atom is 0.469 e. The molecule has 0 saturated carbocycles. The predicted molar refractivity (Wildman–Crippen MR) is 95.2 cm³/mol. The maximum absolute atomic E-state index is 10.9. The van der Waals surface area contributed by atoms with Gasteiger partial charge < -0.3 is 64.1 Å². The van der Waals surface area contributed by atoms with E-state index in [0.29, 0.717) is 0 Å². The Morgan fingerprint density at radius 3 is 1.62 bits per heavy atom. The lowest BCUT2D eigenvalue weighted by atomic mass is 9.97. The predicted octanol–water partition coefficient (Wildman–Crippen LogP) is -4.51. The van der Waals surface area contributed by atoms with Crippen LogP contribution in [0.3, 0.4) is 0 Å². The van der Waals surface area contributed by atoms with Crippen molar-refractivity contribution in [3.05, 3.63) is 0 Å². The Morgan fingerprint density at radius 2 is 1.16 bits per heavy atom. The molecular weight excluding hydrogens is 490 g/mol. The second-order valence-electron chi connectivity index (χ2n) is 6.95. The summed E-state index contributed by atoms with van der Waals surface area (Å²) in [5.41, 5.74) is 0. The molecule has 32 heavy (non-hydrogen) atoms. The summed E-state index contributed by atoms with van der Waals surface area (Å²) in [4.78, 5) is 35.2. The van der Waals surface area contributed by atoms with E-state index in [0.717, 1.165) is 7.11 Å². The van der Waals surface area contributed by atoms with Crippen LogP contribution in [0.25, 0.3) is 0 Å². The van der Waals surface area contributed by atoms with Gasteiger partial charge in [0.25, 0.3) is 0 Å². The van der Waals surface area contributed by atoms with Gasteiger partial charge in [-0.25, -0.2) is 9.13 Å². The Kier molecular flexibility index (Phi) is 9.72. The van der Waals surface area contributed by atoms with Crippen molar-refractivity contribution < 1.29 is 82.2 Å². The Morgan fingerprint density at radius 1 is 0.688 bits per heavy atom. The molecule has 0 unspecified atom stereocenters. The SMILES string of the molecule is CO[C@@H]1O[C@H](COP(=O)(O)O)[C@@H](O)[C@H](O[C@@H]2O[C@H](COP(=O)(O)O)[C@@H](O)[C@H](O)[C@H]2O)[C@H]1O. The van der Waals surface area contributed by atoms with Crippen molar-refractivity contribution >= 4 is 15.6 Å². The van der Waals surface area contributed by atoms with Crippen molar-refractivity contribution in [1.29, 1.82) is 0 Å². The molecule has 0 aromatic rings. The zero-order valence-electron chi connectivity index (χ0n) is 16.4. The number of hydrogen-bond donors (Lipinski definition) is 9. The molecule has 0 aromatic carbocycles. The summed E-state index contributed by atoms with van der Waals surface area (Å²) in [6.07, 6.45) is -17.5. The van der Waals surface area contributed by atoms with E-state index in [1.807, 2.05) is 0 Å². The molecular formula is C13H26O17P2. The highest BCUT2D eigenvalue weighted by molar-refractivity contribution is 7.46. The summed E-state index contributed by atoms with van der Waals surface area (Å²) < 4.78 is 50.9. The highest BCUT2D eigenvalue weighted by Gasteiger charge is 2.51. The Hall–Kier alpha value is -0.140. The van der Waals surface area contributed by atoms with Crippen LogP contribution in [0.15, 0.2) is 0 Å². The van der Waals surface area contributed by atoms with E-state index in [2.05, 4.69) is 9.05 Å². The standard InChI is InChI=1S/C13H26O17P2/c1-25-12-10(18)11(7(15)5(28-12)3-27-32(22,23)24)30-13-9(17)8(16)6(14)4(29-13)2-26-31(19,20)21/h4-18H,2-3H2,1H3,(H2,19,20,21)(H2,22,23,24)/t4-,5-,6-,7-,8+,9-,10-,11+,12-,13+/m1/s1. The van der Waals surface area contributed by atoms with E-state index in [-0.39, 0.29) is 0 Å². The first-order chi connectivity index (χ1) is 14.6. The number of hydrogen-bond acceptors (Lipinski definition) is 13. The molecule has 2 rings (SSSR count). The lowest BCUT2D eigenvalue weighted by Crippen LogP contribution is -2.64. The van der Waals surface area contributed by atoms with Crippen LogP contribution in [0.2, 0.25) is 0 Å². The van der Waals surface area contributed by atoms with Gasteiger partial charge in [0.1, 0.15) is 48.8 Å². The molecule has 2 saturated heterocycles. The first-order valence-electron chi connectivity index (χ1n) is 8.94. The number of methoxy groups -OCH3 is 1. The molecule has 0 aliphatic carbocycles. The van der Waals surface area contributed by atoms with Crippen LogP contribution < -0.4 is 0 Å². The highest BCUT2D eigenvalue weighted by Crippen LogP contribution is 2.39. The Bertz CT molecular complexity index is 696. The van der Waals surface area contributed by atoms with Crippen LogP contribution in [0, 0.1) is 0 Å². The summed E-state index contributed by atoms with van der Waals surface area (Å²) in [6, 6.07) is 0. The molecule has 17 nitrogen and oxygen atoms in total. The third-order valence-corrected chi connectivity index (χ3v) is 5.62. The van der Waals surface area contributed by atoms with Gasteiger partial charge in [0.2, 0.25) is 0 Å². The normalized spacial score (nSPS) is 41.6. The molecule has 10 atom stereocenters. The lowest BCUT2D eigenvalue weighted by Gasteiger charge is -2.46. The number of aliphatic hydroxyl groups excluding tert-OH is 5. The smallest absolute Gasteiger partial charge is 0.387 e. The van der Waals surface area contributed by atoms with E-state index in [1.165, 1.54) is 0 Å². The van der Waals surface area contributed by atoms with Gasteiger partial charge in [0.15, 0.2) is 12.6 Å². The van der Waals surface area contributed by atoms with Crippen molar-refractivity contribution in [2.45, 2.75) is 61.4 Å². The Labute approximate surface area is 180 Å². The van der Waals surface area contributed by atoms with E-state index in [4.69, 9.17) is 38.5 Å². The summed E-state index contributed by atoms with van der Waals surface area (Å²) in [6.45, 7) is -1.78. The van der Waals surface area contributed by atoms with Gasteiger partial charge >= 0.3 is 15.6 Å². The fourth-order valence-electron chi connectivity index (χ4n) is 3.06. The zero-order valence-corrected chi connectivity index (χ0v) is 18.2. The largest absolute Gasteiger partial charge is 0.469 e. The van der Waals surface area contributed by atoms with Gasteiger partial charge in [-0.05, 0) is 0 Å². The topological polar surface area (TPSA) is 272 Å². The first-order valence-corrected chi connectivity index (χ1v) is 12.0. The highest BCUT2D eigenvalue weighted by atomic mass is 31.2. The minimum atomic E-state index is -4.98. The van der Waals surface area contributed by atoms with Gasteiger partial charge in [-0.15, -0.1) is 0 Å². The monoisotopic (exact) mass is 516 g/mol. The first kappa shape index (κ1) is 28.1. The van der Waals surface area contributed by atoms with E-state index < -0.39 is 90.3 Å². The molecule has 190 valence electrons. The number of ether oxygens (including phenoxy) is 4. The second kappa shape index (κ2) is 11.1. The quantitative estimate of drug-likeness (QED) is 0.131. The molecule has 0 bridgehead atoms. The van der Waals surface area contributed by atoms with E-state index in [1.54, 1.807) is 0 Å². The van der Waals surface area contributed by atoms with Crippen LogP contribution >= 0.6 is 15.6 Å². The molecule has 0 radical (unpaired) electrons. The van der Waals surface area contributed by atoms with Crippen LogP contribution in [-0.4, -0.2) is 127 Å². The molecule has 9 N–H and O–H groups in total. The van der Waals surface area contributed by atoms with E-state index >= 15 is 0 Å². The van der Waals surface area contributed by atoms with Crippen LogP contribution in [-0.2, 0) is 37.1 Å². The molecule has 2 aliphatic rings. The van der Waals surface area contributed by atoms with Gasteiger partial charge in [0.05, 0.1) is 13.2 Å². The zero-order chi connectivity index (χ0) is 24.4. The third-order valence-electron chi connectivity index (χ3n) is 4.65. The fraction of sp³-hybridized carbons (Fsp3) is 1.00. The second-order valence-corrected chi connectivity index (χ2v) is 9.43. The maximum atomic E-state index is 10.9. The van der Waals surface area contributed by atoms with Crippen molar-refractivity contribution in [2.75, 3.05) is 20.3 Å². The van der Waals surface area contributed by atoms with Crippen molar-refractivity contribution in [3.63, 3.8) is 0 Å². The molecule has 0 spiro atoms.